The van der Waals surface area contributed by atoms with Gasteiger partial charge in [0.25, 0.3) is 5.69 Å². The molecular weight excluding hydrogens is 290 g/mol. The van der Waals surface area contributed by atoms with Crippen LogP contribution >= 0.6 is 0 Å². The molecule has 0 saturated carbocycles. The number of amides is 1. The monoisotopic (exact) mass is 303 g/mol. The minimum absolute atomic E-state index is 0.139. The Morgan fingerprint density at radius 3 is 2.35 bits per heavy atom. The molecule has 9 nitrogen and oxygen atoms in total. The fourth-order valence-electron chi connectivity index (χ4n) is 1.46. The van der Waals surface area contributed by atoms with Gasteiger partial charge in [0, 0.05) is 12.1 Å². The number of ether oxygens (including phenoxy) is 1. The second kappa shape index (κ2) is 6.19. The Balaban J connectivity index is 2.94. The van der Waals surface area contributed by atoms with Crippen LogP contribution in [0.2, 0.25) is 0 Å². The van der Waals surface area contributed by atoms with E-state index in [9.17, 15) is 23.3 Å². The predicted molar refractivity (Wildman–Crippen MR) is 70.8 cm³/mol. The summed E-state index contributed by atoms with van der Waals surface area (Å²) < 4.78 is 28.7. The zero-order valence-electron chi connectivity index (χ0n) is 10.6. The van der Waals surface area contributed by atoms with E-state index in [1.807, 2.05) is 0 Å². The molecule has 0 aromatic heterocycles. The van der Waals surface area contributed by atoms with Gasteiger partial charge >= 0.3 is 6.09 Å². The Bertz CT molecular complexity index is 598. The summed E-state index contributed by atoms with van der Waals surface area (Å²) in [5, 5.41) is 10.5. The molecule has 1 aromatic rings. The summed E-state index contributed by atoms with van der Waals surface area (Å²) in [6.45, 7) is -0.362. The number of carbonyl (C=O) groups excluding carboxylic acids is 1. The van der Waals surface area contributed by atoms with Crippen LogP contribution in [0.1, 0.15) is 0 Å². The van der Waals surface area contributed by atoms with E-state index in [1.165, 1.54) is 24.3 Å². The van der Waals surface area contributed by atoms with Crippen LogP contribution in [0.15, 0.2) is 24.3 Å². The molecule has 0 aliphatic carbocycles. The third-order valence-electron chi connectivity index (χ3n) is 2.29. The second-order valence-electron chi connectivity index (χ2n) is 3.78. The molecule has 0 aliphatic heterocycles. The Kier molecular flexibility index (Phi) is 4.86. The van der Waals surface area contributed by atoms with E-state index >= 15 is 0 Å². The Hall–Kier alpha value is -2.36. The van der Waals surface area contributed by atoms with Crippen molar-refractivity contribution >= 4 is 27.5 Å². The van der Waals surface area contributed by atoms with Crippen LogP contribution in [0, 0.1) is 10.1 Å². The molecule has 1 rings (SSSR count). The van der Waals surface area contributed by atoms with Gasteiger partial charge in [-0.15, -0.1) is 0 Å². The van der Waals surface area contributed by atoms with Crippen LogP contribution in [0.5, 0.6) is 0 Å². The smallest absolute Gasteiger partial charge is 0.404 e. The highest BCUT2D eigenvalue weighted by Crippen LogP contribution is 2.21. The fourth-order valence-corrected chi connectivity index (χ4v) is 2.37. The van der Waals surface area contributed by atoms with Crippen LogP contribution in [-0.4, -0.2) is 38.8 Å². The van der Waals surface area contributed by atoms with Gasteiger partial charge < -0.3 is 10.5 Å². The van der Waals surface area contributed by atoms with Crippen LogP contribution in [0.25, 0.3) is 0 Å². The first-order valence-electron chi connectivity index (χ1n) is 5.36. The van der Waals surface area contributed by atoms with Crippen molar-refractivity contribution in [1.29, 1.82) is 0 Å². The van der Waals surface area contributed by atoms with Gasteiger partial charge in [0.2, 0.25) is 10.0 Å². The van der Waals surface area contributed by atoms with Crippen molar-refractivity contribution in [3.05, 3.63) is 34.4 Å². The van der Waals surface area contributed by atoms with Crippen LogP contribution < -0.4 is 10.0 Å². The third-order valence-corrected chi connectivity index (χ3v) is 3.48. The van der Waals surface area contributed by atoms with Crippen molar-refractivity contribution in [2.45, 2.75) is 0 Å². The number of nitrogens with zero attached hydrogens (tertiary/aromatic N) is 2. The second-order valence-corrected chi connectivity index (χ2v) is 5.68. The summed E-state index contributed by atoms with van der Waals surface area (Å²) >= 11 is 0. The fraction of sp³-hybridized carbons (Fsp3) is 0.300. The summed E-state index contributed by atoms with van der Waals surface area (Å²) in [6.07, 6.45) is -0.0410. The average Bonchev–Trinajstić information content (AvgIpc) is 2.33. The lowest BCUT2D eigenvalue weighted by atomic mass is 10.3. The number of nitro groups is 1. The number of carbonyl (C=O) groups is 1. The van der Waals surface area contributed by atoms with Crippen LogP contribution in [0.3, 0.4) is 0 Å². The number of sulfonamides is 1. The van der Waals surface area contributed by atoms with Gasteiger partial charge in [-0.25, -0.2) is 13.2 Å². The Labute approximate surface area is 115 Å². The molecule has 1 aromatic carbocycles. The maximum absolute atomic E-state index is 11.6. The Morgan fingerprint density at radius 1 is 1.40 bits per heavy atom. The van der Waals surface area contributed by atoms with E-state index in [1.54, 1.807) is 0 Å². The first-order valence-corrected chi connectivity index (χ1v) is 7.21. The Morgan fingerprint density at radius 2 is 1.95 bits per heavy atom. The van der Waals surface area contributed by atoms with Gasteiger partial charge in [-0.1, -0.05) is 0 Å². The van der Waals surface area contributed by atoms with E-state index in [0.29, 0.717) is 0 Å². The van der Waals surface area contributed by atoms with Crippen molar-refractivity contribution in [3.8, 4) is 0 Å². The molecule has 0 heterocycles. The number of anilines is 1. The molecule has 0 radical (unpaired) electrons. The molecule has 0 fully saturated rings. The number of nitro benzene ring substituents is 1. The summed E-state index contributed by atoms with van der Waals surface area (Å²) in [6, 6.07) is 4.96. The average molecular weight is 303 g/mol. The van der Waals surface area contributed by atoms with Crippen molar-refractivity contribution < 1.29 is 22.9 Å². The van der Waals surface area contributed by atoms with E-state index in [-0.39, 0.29) is 24.5 Å². The van der Waals surface area contributed by atoms with Gasteiger partial charge in [0.1, 0.15) is 6.61 Å². The van der Waals surface area contributed by atoms with Gasteiger partial charge in [-0.3, -0.25) is 14.4 Å². The molecule has 0 unspecified atom stereocenters. The van der Waals surface area contributed by atoms with E-state index in [2.05, 4.69) is 4.74 Å². The third kappa shape index (κ3) is 4.39. The summed E-state index contributed by atoms with van der Waals surface area (Å²) in [7, 11) is -3.62. The highest BCUT2D eigenvalue weighted by Gasteiger charge is 2.18. The van der Waals surface area contributed by atoms with E-state index < -0.39 is 21.0 Å². The van der Waals surface area contributed by atoms with Gasteiger partial charge in [-0.2, -0.15) is 0 Å². The molecule has 1 amide bonds. The van der Waals surface area contributed by atoms with Crippen molar-refractivity contribution in [3.63, 3.8) is 0 Å². The van der Waals surface area contributed by atoms with E-state index in [4.69, 9.17) is 5.73 Å². The number of rotatable bonds is 6. The molecular formula is C10H13N3O6S. The topological polar surface area (TPSA) is 133 Å². The lowest BCUT2D eigenvalue weighted by Gasteiger charge is -2.21. The van der Waals surface area contributed by atoms with Gasteiger partial charge in [0.15, 0.2) is 0 Å². The lowest BCUT2D eigenvalue weighted by Crippen LogP contribution is -2.34. The number of nitrogens with two attached hydrogens (primary N) is 1. The molecule has 20 heavy (non-hydrogen) atoms. The largest absolute Gasteiger partial charge is 0.448 e. The molecule has 0 bridgehead atoms. The number of hydrogen-bond donors (Lipinski definition) is 1. The molecule has 0 atom stereocenters. The number of hydrogen-bond acceptors (Lipinski definition) is 6. The molecule has 0 aliphatic rings. The first-order chi connectivity index (χ1) is 9.21. The zero-order valence-corrected chi connectivity index (χ0v) is 11.4. The maximum atomic E-state index is 11.6. The van der Waals surface area contributed by atoms with Crippen molar-refractivity contribution in [2.75, 3.05) is 23.7 Å². The molecule has 110 valence electrons. The predicted octanol–water partition coefficient (Wildman–Crippen LogP) is 0.456. The quantitative estimate of drug-likeness (QED) is 0.599. The highest BCUT2D eigenvalue weighted by atomic mass is 32.2. The standard InChI is InChI=1S/C10H13N3O6S/c1-20(17,18)12(6-7-19-10(11)14)8-2-4-9(5-3-8)13(15)16/h2-5H,6-7H2,1H3,(H2,11,14). The van der Waals surface area contributed by atoms with Crippen LogP contribution in [-0.2, 0) is 14.8 Å². The van der Waals surface area contributed by atoms with Crippen molar-refractivity contribution in [1.82, 2.24) is 0 Å². The lowest BCUT2D eigenvalue weighted by molar-refractivity contribution is -0.384. The van der Waals surface area contributed by atoms with Crippen LogP contribution in [0.4, 0.5) is 16.2 Å². The molecule has 2 N–H and O–H groups in total. The molecule has 0 spiro atoms. The van der Waals surface area contributed by atoms with E-state index in [0.717, 1.165) is 10.6 Å². The minimum Gasteiger partial charge on any atom is -0.448 e. The van der Waals surface area contributed by atoms with Gasteiger partial charge in [0.05, 0.1) is 23.4 Å². The zero-order chi connectivity index (χ0) is 15.3. The molecule has 10 heteroatoms. The summed E-state index contributed by atoms with van der Waals surface area (Å²) in [5.74, 6) is 0. The summed E-state index contributed by atoms with van der Waals surface area (Å²) in [5.41, 5.74) is 4.85. The van der Waals surface area contributed by atoms with Gasteiger partial charge in [-0.05, 0) is 12.1 Å². The number of benzene rings is 1. The minimum atomic E-state index is -3.62. The maximum Gasteiger partial charge on any atom is 0.404 e. The molecule has 0 saturated heterocycles. The first kappa shape index (κ1) is 15.7. The number of non-ortho nitro benzene ring substituents is 1. The number of primary amides is 1. The normalized spacial score (nSPS) is 10.8. The summed E-state index contributed by atoms with van der Waals surface area (Å²) in [4.78, 5) is 20.4. The SMILES string of the molecule is CS(=O)(=O)N(CCOC(N)=O)c1ccc([N+](=O)[O-])cc1. The van der Waals surface area contributed by atoms with Crippen molar-refractivity contribution in [2.24, 2.45) is 5.73 Å². The highest BCUT2D eigenvalue weighted by molar-refractivity contribution is 7.92.